The van der Waals surface area contributed by atoms with Crippen molar-refractivity contribution in [3.05, 3.63) is 58.6 Å². The van der Waals surface area contributed by atoms with Gasteiger partial charge >= 0.3 is 0 Å². The predicted molar refractivity (Wildman–Crippen MR) is 90.0 cm³/mol. The largest absolute Gasteiger partial charge is 0.494 e. The van der Waals surface area contributed by atoms with Crippen molar-refractivity contribution in [2.45, 2.75) is 17.9 Å². The molecule has 0 heterocycles. The fourth-order valence-corrected chi connectivity index (χ4v) is 3.41. The monoisotopic (exact) mass is 367 g/mol. The molecule has 0 amide bonds. The molecule has 3 nitrogen and oxygen atoms in total. The van der Waals surface area contributed by atoms with Gasteiger partial charge < -0.3 is 10.5 Å². The Balaban J connectivity index is 2.12. The van der Waals surface area contributed by atoms with Gasteiger partial charge in [0.05, 0.1) is 17.4 Å². The summed E-state index contributed by atoms with van der Waals surface area (Å²) in [6.45, 7) is 2.52. The summed E-state index contributed by atoms with van der Waals surface area (Å²) in [6, 6.07) is 14.8. The van der Waals surface area contributed by atoms with Gasteiger partial charge in [-0.2, -0.15) is 0 Å². The summed E-state index contributed by atoms with van der Waals surface area (Å²) in [7, 11) is -1.14. The molecular formula is C16H18BrNO2S. The van der Waals surface area contributed by atoms with Crippen molar-refractivity contribution in [3.8, 4) is 5.75 Å². The standard InChI is InChI=1S/C16H18BrNO2S/c1-2-20-16-6-4-3-5-14(16)15(18)11-21(19)13-9-7-12(17)8-10-13/h3-10,15H,2,11,18H2,1H3. The zero-order valence-corrected chi connectivity index (χ0v) is 14.2. The van der Waals surface area contributed by atoms with E-state index in [9.17, 15) is 4.21 Å². The topological polar surface area (TPSA) is 52.3 Å². The van der Waals surface area contributed by atoms with E-state index in [-0.39, 0.29) is 6.04 Å². The van der Waals surface area contributed by atoms with Crippen LogP contribution in [0.4, 0.5) is 0 Å². The molecule has 21 heavy (non-hydrogen) atoms. The van der Waals surface area contributed by atoms with Gasteiger partial charge in [-0.25, -0.2) is 0 Å². The Morgan fingerprint density at radius 2 is 1.86 bits per heavy atom. The molecule has 2 N–H and O–H groups in total. The maximum atomic E-state index is 12.4. The Bertz CT molecular complexity index is 616. The summed E-state index contributed by atoms with van der Waals surface area (Å²) in [5, 5.41) is 0. The lowest BCUT2D eigenvalue weighted by Crippen LogP contribution is -2.19. The molecule has 2 aromatic rings. The third kappa shape index (κ3) is 4.40. The van der Waals surface area contributed by atoms with Crippen LogP contribution in [-0.4, -0.2) is 16.6 Å². The van der Waals surface area contributed by atoms with E-state index < -0.39 is 10.8 Å². The van der Waals surface area contributed by atoms with E-state index >= 15 is 0 Å². The first kappa shape index (κ1) is 16.2. The van der Waals surface area contributed by atoms with Crippen LogP contribution < -0.4 is 10.5 Å². The summed E-state index contributed by atoms with van der Waals surface area (Å²) in [6.07, 6.45) is 0. The Labute approximate surface area is 136 Å². The number of benzene rings is 2. The Morgan fingerprint density at radius 3 is 2.52 bits per heavy atom. The molecule has 0 saturated carbocycles. The first-order chi connectivity index (χ1) is 10.1. The van der Waals surface area contributed by atoms with Gasteiger partial charge in [-0.3, -0.25) is 4.21 Å². The predicted octanol–water partition coefficient (Wildman–Crippen LogP) is 3.66. The minimum absolute atomic E-state index is 0.322. The first-order valence-electron chi connectivity index (χ1n) is 6.73. The van der Waals surface area contributed by atoms with Crippen molar-refractivity contribution >= 4 is 26.7 Å². The molecule has 0 aliphatic rings. The smallest absolute Gasteiger partial charge is 0.124 e. The molecule has 0 bridgehead atoms. The molecule has 0 spiro atoms. The van der Waals surface area contributed by atoms with Crippen molar-refractivity contribution in [2.75, 3.05) is 12.4 Å². The van der Waals surface area contributed by atoms with Crippen LogP contribution in [-0.2, 0) is 10.8 Å². The maximum Gasteiger partial charge on any atom is 0.124 e. The summed E-state index contributed by atoms with van der Waals surface area (Å²) >= 11 is 3.37. The first-order valence-corrected chi connectivity index (χ1v) is 8.84. The molecule has 2 atom stereocenters. The van der Waals surface area contributed by atoms with Crippen molar-refractivity contribution < 1.29 is 8.95 Å². The lowest BCUT2D eigenvalue weighted by molar-refractivity contribution is 0.335. The Hall–Kier alpha value is -1.17. The summed E-state index contributed by atoms with van der Waals surface area (Å²) in [5.41, 5.74) is 7.11. The Kier molecular flexibility index (Phi) is 5.96. The molecule has 112 valence electrons. The lowest BCUT2D eigenvalue weighted by atomic mass is 10.1. The molecule has 2 aromatic carbocycles. The van der Waals surface area contributed by atoms with Crippen LogP contribution >= 0.6 is 15.9 Å². The van der Waals surface area contributed by atoms with Crippen LogP contribution in [0.5, 0.6) is 5.75 Å². The third-order valence-corrected chi connectivity index (χ3v) is 5.01. The lowest BCUT2D eigenvalue weighted by Gasteiger charge is -2.16. The van der Waals surface area contributed by atoms with Gasteiger partial charge in [0, 0.05) is 26.7 Å². The molecule has 0 radical (unpaired) electrons. The molecule has 2 rings (SSSR count). The molecule has 2 unspecified atom stereocenters. The minimum Gasteiger partial charge on any atom is -0.494 e. The van der Waals surface area contributed by atoms with Crippen molar-refractivity contribution in [2.24, 2.45) is 5.73 Å². The second kappa shape index (κ2) is 7.73. The van der Waals surface area contributed by atoms with Crippen molar-refractivity contribution in [1.29, 1.82) is 0 Å². The normalized spacial score (nSPS) is 13.7. The number of ether oxygens (including phenoxy) is 1. The maximum absolute atomic E-state index is 12.4. The number of hydrogen-bond acceptors (Lipinski definition) is 3. The fourth-order valence-electron chi connectivity index (χ4n) is 2.01. The molecule has 0 saturated heterocycles. The average molecular weight is 368 g/mol. The third-order valence-electron chi connectivity index (χ3n) is 3.03. The van der Waals surface area contributed by atoms with E-state index in [1.807, 2.05) is 55.5 Å². The van der Waals surface area contributed by atoms with Gasteiger partial charge in [0.15, 0.2) is 0 Å². The highest BCUT2D eigenvalue weighted by molar-refractivity contribution is 9.10. The molecule has 5 heteroatoms. The number of para-hydroxylation sites is 1. The second-order valence-electron chi connectivity index (χ2n) is 4.54. The van der Waals surface area contributed by atoms with Gasteiger partial charge in [0.25, 0.3) is 0 Å². The van der Waals surface area contributed by atoms with Gasteiger partial charge in [0.2, 0.25) is 0 Å². The van der Waals surface area contributed by atoms with E-state index in [4.69, 9.17) is 10.5 Å². The van der Waals surface area contributed by atoms with E-state index in [2.05, 4.69) is 15.9 Å². The van der Waals surface area contributed by atoms with Gasteiger partial charge in [0.1, 0.15) is 5.75 Å². The number of halogens is 1. The van der Waals surface area contributed by atoms with Crippen LogP contribution in [0.15, 0.2) is 57.9 Å². The molecule has 0 aliphatic carbocycles. The highest BCUT2D eigenvalue weighted by Gasteiger charge is 2.15. The van der Waals surface area contributed by atoms with Crippen LogP contribution in [0.3, 0.4) is 0 Å². The van der Waals surface area contributed by atoms with Gasteiger partial charge in [-0.1, -0.05) is 34.1 Å². The van der Waals surface area contributed by atoms with E-state index in [1.165, 1.54) is 0 Å². The van der Waals surface area contributed by atoms with E-state index in [0.717, 1.165) is 20.7 Å². The van der Waals surface area contributed by atoms with Crippen molar-refractivity contribution in [3.63, 3.8) is 0 Å². The van der Waals surface area contributed by atoms with Crippen LogP contribution in [0.2, 0.25) is 0 Å². The molecule has 0 aromatic heterocycles. The van der Waals surface area contributed by atoms with E-state index in [0.29, 0.717) is 12.4 Å². The highest BCUT2D eigenvalue weighted by atomic mass is 79.9. The quantitative estimate of drug-likeness (QED) is 0.847. The molecule has 0 fully saturated rings. The zero-order chi connectivity index (χ0) is 15.2. The summed E-state index contributed by atoms with van der Waals surface area (Å²) < 4.78 is 18.9. The highest BCUT2D eigenvalue weighted by Crippen LogP contribution is 2.25. The van der Waals surface area contributed by atoms with Crippen molar-refractivity contribution in [1.82, 2.24) is 0 Å². The number of hydrogen-bond donors (Lipinski definition) is 1. The number of nitrogens with two attached hydrogens (primary N) is 1. The van der Waals surface area contributed by atoms with Crippen LogP contribution in [0.25, 0.3) is 0 Å². The van der Waals surface area contributed by atoms with Gasteiger partial charge in [-0.15, -0.1) is 0 Å². The van der Waals surface area contributed by atoms with Crippen LogP contribution in [0.1, 0.15) is 18.5 Å². The molecular weight excluding hydrogens is 350 g/mol. The zero-order valence-electron chi connectivity index (χ0n) is 11.8. The minimum atomic E-state index is -1.14. The SMILES string of the molecule is CCOc1ccccc1C(N)CS(=O)c1ccc(Br)cc1. The number of rotatable bonds is 6. The summed E-state index contributed by atoms with van der Waals surface area (Å²) in [4.78, 5) is 0.780. The van der Waals surface area contributed by atoms with Gasteiger partial charge in [-0.05, 0) is 37.3 Å². The fraction of sp³-hybridized carbons (Fsp3) is 0.250. The Morgan fingerprint density at radius 1 is 1.19 bits per heavy atom. The van der Waals surface area contributed by atoms with E-state index in [1.54, 1.807) is 0 Å². The average Bonchev–Trinajstić information content (AvgIpc) is 2.48. The second-order valence-corrected chi connectivity index (χ2v) is 6.95. The summed E-state index contributed by atoms with van der Waals surface area (Å²) in [5.74, 6) is 1.13. The molecule has 0 aliphatic heterocycles. The van der Waals surface area contributed by atoms with Crippen LogP contribution in [0, 0.1) is 0 Å².